The normalized spacial score (nSPS) is 11.8. The molecular formula is C53H110N4O6. The average molecular weight is 899 g/mol. The molecule has 0 aliphatic rings. The Labute approximate surface area is 392 Å². The van der Waals surface area contributed by atoms with Gasteiger partial charge in [-0.25, -0.2) is 0 Å². The third-order valence-electron chi connectivity index (χ3n) is 11.9. The fourth-order valence-electron chi connectivity index (χ4n) is 7.57. The van der Waals surface area contributed by atoms with Crippen molar-refractivity contribution in [2.24, 2.45) is 11.5 Å². The molecule has 0 aliphatic carbocycles. The van der Waals surface area contributed by atoms with Crippen LogP contribution in [0.3, 0.4) is 0 Å². The standard InChI is InChI=1S/C22H43N3O3.C18H38O.C12H26O.CH3NO/c1-21(22(23)28)24-15-14-18-25(16-10-6-2-4-8-12-19-26)17-11-7-3-5-9-13-20-27;1-4-6-8-10-12-14-16-18(19-3)17-15-13-11-9-7-5-2;1-4-6-7-8-9-10-11-12(5-2)13-3;2-1-3/h19-21,24H,2-18H2,1H3,(H2,23,28);18H,4-17H2,1-3H3;12H,4-11H2,1-3H3;1H,(H2,2,3). The van der Waals surface area contributed by atoms with Crippen LogP contribution in [0, 0.1) is 0 Å². The second-order valence-electron chi connectivity index (χ2n) is 17.6. The minimum absolute atomic E-state index is 0.250. The fourth-order valence-corrected chi connectivity index (χ4v) is 7.57. The zero-order valence-corrected chi connectivity index (χ0v) is 43.1. The first-order valence-corrected chi connectivity index (χ1v) is 26.6. The number of rotatable bonds is 46. The van der Waals surface area contributed by atoms with E-state index in [1.165, 1.54) is 173 Å². The van der Waals surface area contributed by atoms with Gasteiger partial charge in [0.15, 0.2) is 0 Å². The van der Waals surface area contributed by atoms with Gasteiger partial charge >= 0.3 is 0 Å². The molecule has 10 nitrogen and oxygen atoms in total. The summed E-state index contributed by atoms with van der Waals surface area (Å²) in [7, 11) is 3.71. The van der Waals surface area contributed by atoms with Gasteiger partial charge in [-0.15, -0.1) is 0 Å². The Kier molecular flexibility index (Phi) is 66.9. The maximum atomic E-state index is 11.1. The lowest BCUT2D eigenvalue weighted by atomic mass is 10.0. The van der Waals surface area contributed by atoms with E-state index in [1.807, 2.05) is 14.2 Å². The van der Waals surface area contributed by atoms with Crippen LogP contribution in [0.25, 0.3) is 0 Å². The lowest BCUT2D eigenvalue weighted by Gasteiger charge is -2.23. The van der Waals surface area contributed by atoms with E-state index in [4.69, 9.17) is 20.0 Å². The zero-order valence-electron chi connectivity index (χ0n) is 43.1. The van der Waals surface area contributed by atoms with Crippen LogP contribution >= 0.6 is 0 Å². The SMILES string of the molecule is CC(NCCCN(CCCCCCCC=O)CCCCCCCC=O)C(N)=O.CCCCCCCCC(CC)OC.CCCCCCCCC(CCCCCCCC)OC.NC=O. The van der Waals surface area contributed by atoms with Gasteiger partial charge in [-0.2, -0.15) is 0 Å². The minimum atomic E-state index is -0.305. The van der Waals surface area contributed by atoms with Crippen molar-refractivity contribution in [3.8, 4) is 0 Å². The monoisotopic (exact) mass is 899 g/mol. The number of hydrogen-bond acceptors (Lipinski definition) is 8. The predicted octanol–water partition coefficient (Wildman–Crippen LogP) is 13.0. The molecule has 378 valence electrons. The van der Waals surface area contributed by atoms with Crippen molar-refractivity contribution >= 4 is 24.9 Å². The lowest BCUT2D eigenvalue weighted by Crippen LogP contribution is -2.40. The first kappa shape index (κ1) is 67.7. The number of primary amides is 2. The Morgan fingerprint density at radius 2 is 0.825 bits per heavy atom. The van der Waals surface area contributed by atoms with Crippen LogP contribution in [-0.2, 0) is 28.7 Å². The van der Waals surface area contributed by atoms with Gasteiger partial charge in [0.05, 0.1) is 18.2 Å². The van der Waals surface area contributed by atoms with Crippen molar-refractivity contribution in [2.45, 2.75) is 278 Å². The summed E-state index contributed by atoms with van der Waals surface area (Å²) in [5, 5.41) is 3.17. The third-order valence-corrected chi connectivity index (χ3v) is 11.9. The van der Waals surface area contributed by atoms with Gasteiger partial charge in [-0.3, -0.25) is 9.59 Å². The van der Waals surface area contributed by atoms with Crippen molar-refractivity contribution < 1.29 is 28.7 Å². The van der Waals surface area contributed by atoms with Crippen LogP contribution in [0.2, 0.25) is 0 Å². The Morgan fingerprint density at radius 3 is 1.16 bits per heavy atom. The number of nitrogens with zero attached hydrogens (tertiary/aromatic N) is 1. The highest BCUT2D eigenvalue weighted by Gasteiger charge is 2.09. The van der Waals surface area contributed by atoms with E-state index in [1.54, 1.807) is 6.92 Å². The minimum Gasteiger partial charge on any atom is -0.381 e. The third kappa shape index (κ3) is 62.2. The molecule has 0 aromatic carbocycles. The van der Waals surface area contributed by atoms with E-state index >= 15 is 0 Å². The topological polar surface area (TPSA) is 154 Å². The van der Waals surface area contributed by atoms with Crippen LogP contribution in [0.5, 0.6) is 0 Å². The smallest absolute Gasteiger partial charge is 0.234 e. The van der Waals surface area contributed by atoms with E-state index in [0.717, 1.165) is 77.3 Å². The molecule has 10 heteroatoms. The average Bonchev–Trinajstić information content (AvgIpc) is 3.28. The van der Waals surface area contributed by atoms with Crippen LogP contribution in [0.1, 0.15) is 259 Å². The van der Waals surface area contributed by atoms with Gasteiger partial charge < -0.3 is 40.7 Å². The van der Waals surface area contributed by atoms with Crippen LogP contribution in [-0.4, -0.2) is 88.4 Å². The molecule has 2 atom stereocenters. The number of carbonyl (C=O) groups is 4. The summed E-state index contributed by atoms with van der Waals surface area (Å²) < 4.78 is 10.9. The van der Waals surface area contributed by atoms with E-state index < -0.39 is 0 Å². The molecular weight excluding hydrogens is 789 g/mol. The Balaban J connectivity index is -0.000000429. The Hall–Kier alpha value is -1.88. The maximum absolute atomic E-state index is 11.1. The number of aldehydes is 2. The summed E-state index contributed by atoms with van der Waals surface area (Å²) in [4.78, 5) is 42.9. The number of unbranched alkanes of at least 4 members (excludes halogenated alkanes) is 25. The highest BCUT2D eigenvalue weighted by atomic mass is 16.5. The summed E-state index contributed by atoms with van der Waals surface area (Å²) in [5.74, 6) is -0.305. The van der Waals surface area contributed by atoms with Gasteiger partial charge in [-0.1, -0.05) is 182 Å². The molecule has 0 fully saturated rings. The van der Waals surface area contributed by atoms with Crippen LogP contribution < -0.4 is 16.8 Å². The van der Waals surface area contributed by atoms with Crippen molar-refractivity contribution in [3.63, 3.8) is 0 Å². The number of methoxy groups -OCH3 is 2. The predicted molar refractivity (Wildman–Crippen MR) is 271 cm³/mol. The number of carbonyl (C=O) groups excluding carboxylic acids is 4. The molecule has 0 aliphatic heterocycles. The van der Waals surface area contributed by atoms with Crippen LogP contribution in [0.15, 0.2) is 0 Å². The van der Waals surface area contributed by atoms with Gasteiger partial charge in [0, 0.05) is 27.1 Å². The summed E-state index contributed by atoms with van der Waals surface area (Å²) >= 11 is 0. The van der Waals surface area contributed by atoms with Crippen LogP contribution in [0.4, 0.5) is 0 Å². The molecule has 2 amide bonds. The van der Waals surface area contributed by atoms with Gasteiger partial charge in [-0.05, 0) is 90.9 Å². The molecule has 0 radical (unpaired) electrons. The summed E-state index contributed by atoms with van der Waals surface area (Å²) in [6.45, 7) is 14.9. The molecule has 0 saturated carbocycles. The summed E-state index contributed by atoms with van der Waals surface area (Å²) in [5.41, 5.74) is 9.44. The van der Waals surface area contributed by atoms with E-state index in [9.17, 15) is 14.4 Å². The maximum Gasteiger partial charge on any atom is 0.234 e. The number of nitrogens with two attached hydrogens (primary N) is 2. The molecule has 0 bridgehead atoms. The van der Waals surface area contributed by atoms with E-state index in [-0.39, 0.29) is 18.4 Å². The first-order chi connectivity index (χ1) is 30.7. The van der Waals surface area contributed by atoms with Gasteiger partial charge in [0.2, 0.25) is 12.3 Å². The molecule has 0 aromatic rings. The van der Waals surface area contributed by atoms with Crippen molar-refractivity contribution in [2.75, 3.05) is 40.4 Å². The highest BCUT2D eigenvalue weighted by Crippen LogP contribution is 2.16. The fraction of sp³-hybridized carbons (Fsp3) is 0.925. The summed E-state index contributed by atoms with van der Waals surface area (Å²) in [6, 6.07) is -0.272. The van der Waals surface area contributed by atoms with Gasteiger partial charge in [0.1, 0.15) is 12.6 Å². The van der Waals surface area contributed by atoms with Crippen molar-refractivity contribution in [1.82, 2.24) is 10.2 Å². The van der Waals surface area contributed by atoms with E-state index in [2.05, 4.69) is 43.6 Å². The second kappa shape index (κ2) is 62.2. The molecule has 0 saturated heterocycles. The van der Waals surface area contributed by atoms with Crippen molar-refractivity contribution in [3.05, 3.63) is 0 Å². The summed E-state index contributed by atoms with van der Waals surface area (Å²) in [6.07, 6.45) is 47.2. The molecule has 0 spiro atoms. The quantitative estimate of drug-likeness (QED) is 0.0403. The van der Waals surface area contributed by atoms with Crippen molar-refractivity contribution in [1.29, 1.82) is 0 Å². The lowest BCUT2D eigenvalue weighted by molar-refractivity contribution is -0.119. The Bertz CT molecular complexity index is 840. The Morgan fingerprint density at radius 1 is 0.508 bits per heavy atom. The van der Waals surface area contributed by atoms with E-state index in [0.29, 0.717) is 25.0 Å². The molecule has 5 N–H and O–H groups in total. The second-order valence-corrected chi connectivity index (χ2v) is 17.6. The first-order valence-electron chi connectivity index (χ1n) is 26.6. The number of hydrogen-bond donors (Lipinski definition) is 3. The highest BCUT2D eigenvalue weighted by molar-refractivity contribution is 5.79. The number of nitrogens with one attached hydrogen (secondary N) is 1. The zero-order chi connectivity index (χ0) is 47.7. The number of amides is 2. The number of ether oxygens (including phenoxy) is 2. The largest absolute Gasteiger partial charge is 0.381 e. The van der Waals surface area contributed by atoms with Gasteiger partial charge in [0.25, 0.3) is 0 Å². The molecule has 63 heavy (non-hydrogen) atoms. The molecule has 0 rings (SSSR count). The molecule has 0 aromatic heterocycles. The molecule has 0 heterocycles. The molecule has 2 unspecified atom stereocenters.